The Bertz CT molecular complexity index is 456. The van der Waals surface area contributed by atoms with Crippen molar-refractivity contribution in [3.05, 3.63) is 24.2 Å². The minimum Gasteiger partial charge on any atom is -0.468 e. The first kappa shape index (κ1) is 14.0. The fourth-order valence-electron chi connectivity index (χ4n) is 2.12. The van der Waals surface area contributed by atoms with E-state index in [1.54, 1.807) is 22.3 Å². The predicted molar refractivity (Wildman–Crippen MR) is 74.2 cm³/mol. The van der Waals surface area contributed by atoms with Gasteiger partial charge in [-0.15, -0.1) is 11.8 Å². The topological polar surface area (TPSA) is 50.5 Å². The Labute approximate surface area is 113 Å². The van der Waals surface area contributed by atoms with Gasteiger partial charge in [0.1, 0.15) is 5.76 Å². The van der Waals surface area contributed by atoms with Crippen molar-refractivity contribution in [2.75, 3.05) is 24.6 Å². The molecular weight excluding hydrogens is 270 g/mol. The van der Waals surface area contributed by atoms with E-state index in [9.17, 15) is 8.42 Å². The first-order chi connectivity index (χ1) is 8.63. The van der Waals surface area contributed by atoms with Crippen molar-refractivity contribution in [2.24, 2.45) is 0 Å². The van der Waals surface area contributed by atoms with Crippen LogP contribution in [0.15, 0.2) is 22.8 Å². The van der Waals surface area contributed by atoms with Crippen molar-refractivity contribution in [1.82, 2.24) is 4.31 Å². The van der Waals surface area contributed by atoms with E-state index in [-0.39, 0.29) is 11.0 Å². The Kier molecular flexibility index (Phi) is 4.75. The SMILES string of the molecule is CCCS(=O)(=O)N1CCS[C@H](c2ccco2)CC1. The molecule has 0 aromatic carbocycles. The normalized spacial score (nSPS) is 22.8. The largest absolute Gasteiger partial charge is 0.468 e. The summed E-state index contributed by atoms with van der Waals surface area (Å²) >= 11 is 1.78. The van der Waals surface area contributed by atoms with Crippen molar-refractivity contribution < 1.29 is 12.8 Å². The van der Waals surface area contributed by atoms with Crippen LogP contribution in [-0.4, -0.2) is 37.3 Å². The monoisotopic (exact) mass is 289 g/mol. The second-order valence-electron chi connectivity index (χ2n) is 4.38. The average molecular weight is 289 g/mol. The van der Waals surface area contributed by atoms with Crippen LogP contribution in [0.2, 0.25) is 0 Å². The number of hydrogen-bond donors (Lipinski definition) is 0. The lowest BCUT2D eigenvalue weighted by atomic mass is 10.2. The fraction of sp³-hybridized carbons (Fsp3) is 0.667. The molecule has 1 aromatic rings. The third kappa shape index (κ3) is 3.30. The molecule has 0 amide bonds. The smallest absolute Gasteiger partial charge is 0.214 e. The van der Waals surface area contributed by atoms with E-state index < -0.39 is 10.0 Å². The van der Waals surface area contributed by atoms with Crippen molar-refractivity contribution in [1.29, 1.82) is 0 Å². The summed E-state index contributed by atoms with van der Waals surface area (Å²) in [7, 11) is -3.06. The van der Waals surface area contributed by atoms with Gasteiger partial charge in [0.2, 0.25) is 10.0 Å². The van der Waals surface area contributed by atoms with Gasteiger partial charge in [-0.3, -0.25) is 0 Å². The number of rotatable bonds is 4. The van der Waals surface area contributed by atoms with Gasteiger partial charge in [0, 0.05) is 18.8 Å². The summed E-state index contributed by atoms with van der Waals surface area (Å²) in [6.07, 6.45) is 3.17. The van der Waals surface area contributed by atoms with Crippen LogP contribution < -0.4 is 0 Å². The van der Waals surface area contributed by atoms with Gasteiger partial charge >= 0.3 is 0 Å². The van der Waals surface area contributed by atoms with Gasteiger partial charge in [-0.25, -0.2) is 12.7 Å². The summed E-state index contributed by atoms with van der Waals surface area (Å²) in [6.45, 7) is 3.11. The van der Waals surface area contributed by atoms with Crippen molar-refractivity contribution >= 4 is 21.8 Å². The summed E-state index contributed by atoms with van der Waals surface area (Å²) in [5, 5.41) is 0.279. The minimum absolute atomic E-state index is 0.253. The van der Waals surface area contributed by atoms with Crippen LogP contribution in [0.5, 0.6) is 0 Å². The van der Waals surface area contributed by atoms with Crippen molar-refractivity contribution in [3.8, 4) is 0 Å². The van der Waals surface area contributed by atoms with E-state index in [0.717, 1.165) is 17.9 Å². The predicted octanol–water partition coefficient (Wildman–Crippen LogP) is 2.50. The van der Waals surface area contributed by atoms with Gasteiger partial charge in [-0.05, 0) is 25.0 Å². The maximum atomic E-state index is 12.0. The lowest BCUT2D eigenvalue weighted by molar-refractivity contribution is 0.417. The molecule has 2 rings (SSSR count). The molecule has 18 heavy (non-hydrogen) atoms. The first-order valence-corrected chi connectivity index (χ1v) is 8.92. The molecule has 102 valence electrons. The van der Waals surface area contributed by atoms with Gasteiger partial charge < -0.3 is 4.42 Å². The van der Waals surface area contributed by atoms with Crippen LogP contribution in [0.4, 0.5) is 0 Å². The van der Waals surface area contributed by atoms with Gasteiger partial charge in [0.15, 0.2) is 0 Å². The number of thioether (sulfide) groups is 1. The average Bonchev–Trinajstić information content (AvgIpc) is 2.73. The van der Waals surface area contributed by atoms with Crippen LogP contribution in [0.1, 0.15) is 30.8 Å². The van der Waals surface area contributed by atoms with Crippen LogP contribution in [-0.2, 0) is 10.0 Å². The quantitative estimate of drug-likeness (QED) is 0.854. The molecule has 1 aromatic heterocycles. The van der Waals surface area contributed by atoms with Crippen LogP contribution in [0.3, 0.4) is 0 Å². The number of nitrogens with zero attached hydrogens (tertiary/aromatic N) is 1. The maximum absolute atomic E-state index is 12.0. The Balaban J connectivity index is 2.01. The number of sulfonamides is 1. The lowest BCUT2D eigenvalue weighted by Crippen LogP contribution is -2.34. The zero-order chi connectivity index (χ0) is 13.0. The molecule has 0 radical (unpaired) electrons. The van der Waals surface area contributed by atoms with Crippen LogP contribution >= 0.6 is 11.8 Å². The van der Waals surface area contributed by atoms with E-state index in [4.69, 9.17) is 4.42 Å². The van der Waals surface area contributed by atoms with Gasteiger partial charge in [-0.2, -0.15) is 0 Å². The lowest BCUT2D eigenvalue weighted by Gasteiger charge is -2.19. The Hall–Kier alpha value is -0.460. The van der Waals surface area contributed by atoms with Gasteiger partial charge in [0.25, 0.3) is 0 Å². The molecule has 1 aliphatic heterocycles. The third-order valence-corrected chi connectivity index (χ3v) is 6.38. The maximum Gasteiger partial charge on any atom is 0.214 e. The molecule has 1 saturated heterocycles. The molecule has 0 spiro atoms. The molecule has 0 aliphatic carbocycles. The Morgan fingerprint density at radius 3 is 3.00 bits per heavy atom. The highest BCUT2D eigenvalue weighted by Crippen LogP contribution is 2.35. The highest BCUT2D eigenvalue weighted by Gasteiger charge is 2.27. The minimum atomic E-state index is -3.06. The van der Waals surface area contributed by atoms with Crippen LogP contribution in [0.25, 0.3) is 0 Å². The zero-order valence-electron chi connectivity index (χ0n) is 10.5. The fourth-order valence-corrected chi connectivity index (χ4v) is 4.94. The second kappa shape index (κ2) is 6.12. The van der Waals surface area contributed by atoms with Crippen LogP contribution in [0, 0.1) is 0 Å². The molecule has 4 nitrogen and oxygen atoms in total. The molecule has 1 fully saturated rings. The molecule has 1 aliphatic rings. The van der Waals surface area contributed by atoms with Gasteiger partial charge in [0.05, 0.1) is 17.3 Å². The molecular formula is C12H19NO3S2. The highest BCUT2D eigenvalue weighted by atomic mass is 32.2. The molecule has 0 saturated carbocycles. The second-order valence-corrected chi connectivity index (χ2v) is 7.78. The molecule has 6 heteroatoms. The highest BCUT2D eigenvalue weighted by molar-refractivity contribution is 7.99. The summed E-state index contributed by atoms with van der Waals surface area (Å²) in [5.74, 6) is 2.03. The van der Waals surface area contributed by atoms with Crippen molar-refractivity contribution in [2.45, 2.75) is 25.0 Å². The molecule has 0 N–H and O–H groups in total. The summed E-state index contributed by atoms with van der Waals surface area (Å²) in [4.78, 5) is 0. The first-order valence-electron chi connectivity index (χ1n) is 6.26. The Morgan fingerprint density at radius 1 is 1.50 bits per heavy atom. The van der Waals surface area contributed by atoms with E-state index in [2.05, 4.69) is 0 Å². The third-order valence-electron chi connectivity index (χ3n) is 3.02. The van der Waals surface area contributed by atoms with E-state index >= 15 is 0 Å². The molecule has 0 unspecified atom stereocenters. The Morgan fingerprint density at radius 2 is 2.33 bits per heavy atom. The van der Waals surface area contributed by atoms with E-state index in [1.807, 2.05) is 19.1 Å². The zero-order valence-corrected chi connectivity index (χ0v) is 12.2. The van der Waals surface area contributed by atoms with E-state index in [0.29, 0.717) is 19.5 Å². The summed E-state index contributed by atoms with van der Waals surface area (Å²) < 4.78 is 31.1. The molecule has 2 heterocycles. The summed E-state index contributed by atoms with van der Waals surface area (Å²) in [5.41, 5.74) is 0. The van der Waals surface area contributed by atoms with Crippen molar-refractivity contribution in [3.63, 3.8) is 0 Å². The molecule has 1 atom stereocenters. The molecule has 0 bridgehead atoms. The number of hydrogen-bond acceptors (Lipinski definition) is 4. The summed E-state index contributed by atoms with van der Waals surface area (Å²) in [6, 6.07) is 3.85. The van der Waals surface area contributed by atoms with Gasteiger partial charge in [-0.1, -0.05) is 6.92 Å². The number of furan rings is 1. The van der Waals surface area contributed by atoms with E-state index in [1.165, 1.54) is 0 Å². The standard InChI is InChI=1S/C12H19NO3S2/c1-2-10-18(14,15)13-6-5-12(17-9-7-13)11-4-3-8-16-11/h3-4,8,12H,2,5-7,9-10H2,1H3/t12-/m0/s1.